The highest BCUT2D eigenvalue weighted by Gasteiger charge is 2.12. The van der Waals surface area contributed by atoms with E-state index >= 15 is 0 Å². The smallest absolute Gasteiger partial charge is 0.191 e. The van der Waals surface area contributed by atoms with Crippen LogP contribution in [0.5, 0.6) is 0 Å². The summed E-state index contributed by atoms with van der Waals surface area (Å²) >= 11 is 5.70. The van der Waals surface area contributed by atoms with Crippen molar-refractivity contribution in [3.05, 3.63) is 29.0 Å². The fourth-order valence-electron chi connectivity index (χ4n) is 1.54. The van der Waals surface area contributed by atoms with Gasteiger partial charge in [-0.25, -0.2) is 4.98 Å². The van der Waals surface area contributed by atoms with Crippen molar-refractivity contribution in [3.8, 4) is 0 Å². The third-order valence-corrected chi connectivity index (χ3v) is 2.65. The molecule has 1 aliphatic rings. The van der Waals surface area contributed by atoms with Gasteiger partial charge in [-0.15, -0.1) is 0 Å². The topological polar surface area (TPSA) is 54.5 Å². The second-order valence-electron chi connectivity index (χ2n) is 3.47. The van der Waals surface area contributed by atoms with Crippen LogP contribution in [0.3, 0.4) is 0 Å². The van der Waals surface area contributed by atoms with Gasteiger partial charge >= 0.3 is 0 Å². The summed E-state index contributed by atoms with van der Waals surface area (Å²) < 4.78 is 0. The number of nitrogens with two attached hydrogens (primary N) is 1. The summed E-state index contributed by atoms with van der Waals surface area (Å²) in [6.07, 6.45) is 2.71. The molecule has 2 rings (SSSR count). The number of nitrogens with zero attached hydrogens (tertiary/aromatic N) is 3. The van der Waals surface area contributed by atoms with Crippen molar-refractivity contribution in [2.24, 2.45) is 10.7 Å². The lowest BCUT2D eigenvalue weighted by Crippen LogP contribution is -2.35. The zero-order chi connectivity index (χ0) is 10.7. The predicted molar refractivity (Wildman–Crippen MR) is 61.0 cm³/mol. The number of pyridine rings is 1. The summed E-state index contributed by atoms with van der Waals surface area (Å²) in [5.74, 6) is 0.650. The van der Waals surface area contributed by atoms with Crippen molar-refractivity contribution in [1.29, 1.82) is 0 Å². The molecule has 0 saturated heterocycles. The summed E-state index contributed by atoms with van der Waals surface area (Å²) in [5, 5.41) is 0.529. The molecule has 80 valence electrons. The van der Waals surface area contributed by atoms with Crippen molar-refractivity contribution < 1.29 is 0 Å². The van der Waals surface area contributed by atoms with Crippen molar-refractivity contribution >= 4 is 17.6 Å². The molecule has 4 nitrogen and oxygen atoms in total. The van der Waals surface area contributed by atoms with E-state index in [2.05, 4.69) is 14.9 Å². The van der Waals surface area contributed by atoms with E-state index in [4.69, 9.17) is 17.3 Å². The quantitative estimate of drug-likeness (QED) is 0.777. The van der Waals surface area contributed by atoms with Crippen LogP contribution < -0.4 is 5.73 Å². The first-order valence-electron chi connectivity index (χ1n) is 4.91. The van der Waals surface area contributed by atoms with Gasteiger partial charge in [0.1, 0.15) is 5.15 Å². The highest BCUT2D eigenvalue weighted by Crippen LogP contribution is 2.07. The largest absolute Gasteiger partial charge is 0.370 e. The average molecular weight is 225 g/mol. The second kappa shape index (κ2) is 4.49. The summed E-state index contributed by atoms with van der Waals surface area (Å²) in [4.78, 5) is 10.2. The van der Waals surface area contributed by atoms with E-state index in [1.165, 1.54) is 5.56 Å². The molecule has 0 radical (unpaired) electrons. The van der Waals surface area contributed by atoms with Crippen LogP contribution in [-0.2, 0) is 6.42 Å². The molecule has 0 atom stereocenters. The number of aromatic nitrogens is 1. The number of hydrogen-bond donors (Lipinski definition) is 1. The number of halogens is 1. The molecule has 0 amide bonds. The van der Waals surface area contributed by atoms with E-state index in [1.54, 1.807) is 12.3 Å². The third-order valence-electron chi connectivity index (χ3n) is 2.43. The lowest BCUT2D eigenvalue weighted by Gasteiger charge is -2.16. The van der Waals surface area contributed by atoms with Gasteiger partial charge in [0, 0.05) is 19.3 Å². The van der Waals surface area contributed by atoms with Gasteiger partial charge in [-0.3, -0.25) is 4.99 Å². The Morgan fingerprint density at radius 2 is 2.33 bits per heavy atom. The Morgan fingerprint density at radius 3 is 2.93 bits per heavy atom. The molecule has 1 aliphatic heterocycles. The minimum Gasteiger partial charge on any atom is -0.370 e. The molecule has 2 N–H and O–H groups in total. The fraction of sp³-hybridized carbons (Fsp3) is 0.400. The SMILES string of the molecule is NC1=NCCN1CCc1ccc(Cl)nc1. The predicted octanol–water partition coefficient (Wildman–Crippen LogP) is 0.908. The van der Waals surface area contributed by atoms with E-state index in [-0.39, 0.29) is 0 Å². The molecule has 0 spiro atoms. The molecule has 0 aromatic carbocycles. The number of guanidine groups is 1. The monoisotopic (exact) mass is 224 g/mol. The van der Waals surface area contributed by atoms with E-state index in [1.807, 2.05) is 6.07 Å². The van der Waals surface area contributed by atoms with Crippen LogP contribution in [0, 0.1) is 0 Å². The van der Waals surface area contributed by atoms with E-state index < -0.39 is 0 Å². The van der Waals surface area contributed by atoms with Gasteiger partial charge in [0.2, 0.25) is 0 Å². The van der Waals surface area contributed by atoms with E-state index in [0.29, 0.717) is 11.1 Å². The number of aliphatic imine (C=N–C) groups is 1. The molecular weight excluding hydrogens is 212 g/mol. The van der Waals surface area contributed by atoms with E-state index in [0.717, 1.165) is 26.1 Å². The molecular formula is C10H13ClN4. The molecule has 0 bridgehead atoms. The van der Waals surface area contributed by atoms with Crippen molar-refractivity contribution in [3.63, 3.8) is 0 Å². The van der Waals surface area contributed by atoms with Gasteiger partial charge in [0.25, 0.3) is 0 Å². The van der Waals surface area contributed by atoms with Crippen LogP contribution in [-0.4, -0.2) is 35.5 Å². The molecule has 15 heavy (non-hydrogen) atoms. The Hall–Kier alpha value is -1.29. The van der Waals surface area contributed by atoms with Crippen molar-refractivity contribution in [2.45, 2.75) is 6.42 Å². The Kier molecular flexibility index (Phi) is 3.06. The number of hydrogen-bond acceptors (Lipinski definition) is 4. The van der Waals surface area contributed by atoms with Crippen LogP contribution in [0.25, 0.3) is 0 Å². The van der Waals surface area contributed by atoms with Gasteiger partial charge in [-0.1, -0.05) is 17.7 Å². The lowest BCUT2D eigenvalue weighted by molar-refractivity contribution is 0.457. The van der Waals surface area contributed by atoms with Crippen LogP contribution >= 0.6 is 11.6 Å². The molecule has 0 unspecified atom stereocenters. The zero-order valence-corrected chi connectivity index (χ0v) is 9.11. The van der Waals surface area contributed by atoms with Gasteiger partial charge in [-0.2, -0.15) is 0 Å². The first-order chi connectivity index (χ1) is 7.25. The number of rotatable bonds is 3. The Bertz CT molecular complexity index is 360. The molecule has 0 fully saturated rings. The van der Waals surface area contributed by atoms with Gasteiger partial charge in [0.05, 0.1) is 6.54 Å². The Balaban J connectivity index is 1.88. The first kappa shape index (κ1) is 10.2. The second-order valence-corrected chi connectivity index (χ2v) is 3.85. The fourth-order valence-corrected chi connectivity index (χ4v) is 1.66. The maximum atomic E-state index is 5.71. The third kappa shape index (κ3) is 2.59. The zero-order valence-electron chi connectivity index (χ0n) is 8.36. The first-order valence-corrected chi connectivity index (χ1v) is 5.29. The Labute approximate surface area is 93.8 Å². The summed E-state index contributed by atoms with van der Waals surface area (Å²) in [5.41, 5.74) is 6.87. The summed E-state index contributed by atoms with van der Waals surface area (Å²) in [7, 11) is 0. The van der Waals surface area contributed by atoms with Gasteiger partial charge < -0.3 is 10.6 Å². The lowest BCUT2D eigenvalue weighted by atomic mass is 10.2. The molecule has 1 aromatic heterocycles. The van der Waals surface area contributed by atoms with Crippen LogP contribution in [0.15, 0.2) is 23.3 Å². The minimum atomic E-state index is 0.529. The molecule has 2 heterocycles. The van der Waals surface area contributed by atoms with E-state index in [9.17, 15) is 0 Å². The molecule has 5 heteroatoms. The molecule has 1 aromatic rings. The highest BCUT2D eigenvalue weighted by molar-refractivity contribution is 6.29. The molecule has 0 aliphatic carbocycles. The van der Waals surface area contributed by atoms with Crippen LogP contribution in [0.4, 0.5) is 0 Å². The summed E-state index contributed by atoms with van der Waals surface area (Å²) in [6.45, 7) is 2.62. The normalized spacial score (nSPS) is 15.5. The highest BCUT2D eigenvalue weighted by atomic mass is 35.5. The van der Waals surface area contributed by atoms with Crippen LogP contribution in [0.1, 0.15) is 5.56 Å². The molecule has 0 saturated carbocycles. The van der Waals surface area contributed by atoms with Crippen molar-refractivity contribution in [2.75, 3.05) is 19.6 Å². The van der Waals surface area contributed by atoms with Crippen molar-refractivity contribution in [1.82, 2.24) is 9.88 Å². The maximum Gasteiger partial charge on any atom is 0.191 e. The van der Waals surface area contributed by atoms with Gasteiger partial charge in [-0.05, 0) is 18.1 Å². The minimum absolute atomic E-state index is 0.529. The Morgan fingerprint density at radius 1 is 1.47 bits per heavy atom. The average Bonchev–Trinajstić information content (AvgIpc) is 2.63. The maximum absolute atomic E-state index is 5.71. The standard InChI is InChI=1S/C10H13ClN4/c11-9-2-1-8(7-14-9)3-5-15-6-4-13-10(15)12/h1-2,7H,3-6H2,(H2,12,13). The van der Waals surface area contributed by atoms with Crippen LogP contribution in [0.2, 0.25) is 5.15 Å². The summed E-state index contributed by atoms with van der Waals surface area (Å²) in [6, 6.07) is 3.79. The van der Waals surface area contributed by atoms with Gasteiger partial charge in [0.15, 0.2) is 5.96 Å².